The number of hydrogen-bond acceptors (Lipinski definition) is 2. The van der Waals surface area contributed by atoms with E-state index in [-0.39, 0.29) is 6.04 Å². The Hall–Kier alpha value is -1.81. The van der Waals surface area contributed by atoms with Crippen molar-refractivity contribution in [1.82, 2.24) is 5.32 Å². The number of carbonyl (C=O) groups excluding carboxylic acids is 1. The van der Waals surface area contributed by atoms with Gasteiger partial charge in [0.2, 0.25) is 0 Å². The van der Waals surface area contributed by atoms with E-state index in [1.54, 1.807) is 0 Å². The van der Waals surface area contributed by atoms with Crippen LogP contribution in [0.3, 0.4) is 0 Å². The van der Waals surface area contributed by atoms with Gasteiger partial charge >= 0.3 is 6.03 Å². The monoisotopic (exact) mass is 247 g/mol. The number of primary amides is 1. The van der Waals surface area contributed by atoms with Crippen molar-refractivity contribution in [3.63, 3.8) is 0 Å². The highest BCUT2D eigenvalue weighted by molar-refractivity contribution is 5.87. The molecule has 1 aromatic carbocycles. The molecule has 0 saturated carbocycles. The van der Waals surface area contributed by atoms with Crippen LogP contribution in [0.25, 0.3) is 0 Å². The molecular formula is C14H21N3O. The van der Waals surface area contributed by atoms with E-state index in [2.05, 4.69) is 31.1 Å². The molecule has 0 saturated heterocycles. The van der Waals surface area contributed by atoms with Gasteiger partial charge in [0.25, 0.3) is 0 Å². The number of hydrogen-bond donors (Lipinski definition) is 3. The van der Waals surface area contributed by atoms with Crippen LogP contribution in [0, 0.1) is 0 Å². The van der Waals surface area contributed by atoms with Crippen molar-refractivity contribution in [1.29, 1.82) is 0 Å². The van der Waals surface area contributed by atoms with Crippen molar-refractivity contribution in [2.24, 2.45) is 5.73 Å². The van der Waals surface area contributed by atoms with E-state index >= 15 is 0 Å². The predicted octanol–water partition coefficient (Wildman–Crippen LogP) is 2.79. The number of carbonyl (C=O) groups is 1. The molecule has 18 heavy (non-hydrogen) atoms. The molecular weight excluding hydrogens is 226 g/mol. The molecule has 0 bridgehead atoms. The maximum Gasteiger partial charge on any atom is 0.316 e. The molecule has 0 aliphatic carbocycles. The van der Waals surface area contributed by atoms with Crippen LogP contribution < -0.4 is 16.4 Å². The van der Waals surface area contributed by atoms with Crippen molar-refractivity contribution in [2.75, 3.05) is 5.32 Å². The third kappa shape index (κ3) is 4.59. The number of amides is 2. The Labute approximate surface area is 108 Å². The van der Waals surface area contributed by atoms with E-state index in [4.69, 9.17) is 5.73 Å². The minimum Gasteiger partial charge on any atom is -0.351 e. The normalized spacial score (nSPS) is 13.7. The Morgan fingerprint density at radius 1 is 1.39 bits per heavy atom. The van der Waals surface area contributed by atoms with Crippen LogP contribution in [-0.4, -0.2) is 12.1 Å². The average molecular weight is 247 g/mol. The zero-order chi connectivity index (χ0) is 13.5. The van der Waals surface area contributed by atoms with Gasteiger partial charge in [-0.3, -0.25) is 0 Å². The maximum absolute atomic E-state index is 10.7. The molecule has 0 aliphatic rings. The highest BCUT2D eigenvalue weighted by atomic mass is 16.2. The second-order valence-electron chi connectivity index (χ2n) is 4.43. The first-order valence-electron chi connectivity index (χ1n) is 6.06. The van der Waals surface area contributed by atoms with E-state index in [0.29, 0.717) is 11.7 Å². The summed E-state index contributed by atoms with van der Waals surface area (Å²) in [6.45, 7) is 7.96. The van der Waals surface area contributed by atoms with E-state index in [0.717, 1.165) is 6.42 Å². The second-order valence-corrected chi connectivity index (χ2v) is 4.43. The Balaban J connectivity index is 2.61. The molecule has 0 heterocycles. The number of benzene rings is 1. The molecule has 98 valence electrons. The van der Waals surface area contributed by atoms with Crippen LogP contribution in [0.15, 0.2) is 36.9 Å². The first-order valence-corrected chi connectivity index (χ1v) is 6.06. The number of urea groups is 1. The van der Waals surface area contributed by atoms with E-state index in [1.165, 1.54) is 5.56 Å². The molecule has 2 amide bonds. The average Bonchev–Trinajstić information content (AvgIpc) is 2.29. The van der Waals surface area contributed by atoms with Crippen molar-refractivity contribution in [2.45, 2.75) is 32.4 Å². The summed E-state index contributed by atoms with van der Waals surface area (Å²) < 4.78 is 0. The first kappa shape index (κ1) is 14.3. The lowest BCUT2D eigenvalue weighted by atomic mass is 10.1. The molecule has 1 rings (SSSR count). The van der Waals surface area contributed by atoms with Gasteiger partial charge < -0.3 is 16.4 Å². The second kappa shape index (κ2) is 6.81. The minimum atomic E-state index is -0.548. The Morgan fingerprint density at radius 2 is 2.00 bits per heavy atom. The van der Waals surface area contributed by atoms with Crippen molar-refractivity contribution in [3.8, 4) is 0 Å². The summed E-state index contributed by atoms with van der Waals surface area (Å²) in [7, 11) is 0. The van der Waals surface area contributed by atoms with E-state index < -0.39 is 6.03 Å². The highest BCUT2D eigenvalue weighted by Gasteiger charge is 2.08. The van der Waals surface area contributed by atoms with Crippen LogP contribution in [0.1, 0.15) is 31.9 Å². The predicted molar refractivity (Wildman–Crippen MR) is 75.5 cm³/mol. The van der Waals surface area contributed by atoms with Crippen LogP contribution in [0.4, 0.5) is 10.5 Å². The molecule has 0 radical (unpaired) electrons. The third-order valence-electron chi connectivity index (χ3n) is 2.73. The summed E-state index contributed by atoms with van der Waals surface area (Å²) in [5.74, 6) is 0. The fourth-order valence-corrected chi connectivity index (χ4v) is 1.84. The summed E-state index contributed by atoms with van der Waals surface area (Å²) in [5.41, 5.74) is 6.92. The summed E-state index contributed by atoms with van der Waals surface area (Å²) in [5, 5.41) is 6.01. The lowest BCUT2D eigenvalue weighted by Gasteiger charge is -2.19. The largest absolute Gasteiger partial charge is 0.351 e. The summed E-state index contributed by atoms with van der Waals surface area (Å²) in [6, 6.07) is 7.73. The zero-order valence-corrected chi connectivity index (χ0v) is 10.9. The van der Waals surface area contributed by atoms with Crippen molar-refractivity contribution >= 4 is 11.7 Å². The minimum absolute atomic E-state index is 0.252. The SMILES string of the molecule is C=CCC(C)NC(C)c1ccc(NC(N)=O)cc1. The number of nitrogens with two attached hydrogens (primary N) is 1. The molecule has 2 unspecified atom stereocenters. The molecule has 4 nitrogen and oxygen atoms in total. The number of anilines is 1. The van der Waals surface area contributed by atoms with Crippen molar-refractivity contribution in [3.05, 3.63) is 42.5 Å². The molecule has 2 atom stereocenters. The summed E-state index contributed by atoms with van der Waals surface area (Å²) in [4.78, 5) is 10.7. The van der Waals surface area contributed by atoms with Gasteiger partial charge in [-0.1, -0.05) is 18.2 Å². The maximum atomic E-state index is 10.7. The van der Waals surface area contributed by atoms with E-state index in [9.17, 15) is 4.79 Å². The Kier molecular flexibility index (Phi) is 5.39. The summed E-state index contributed by atoms with van der Waals surface area (Å²) >= 11 is 0. The van der Waals surface area contributed by atoms with Gasteiger partial charge in [-0.05, 0) is 38.0 Å². The van der Waals surface area contributed by atoms with Crippen LogP contribution in [-0.2, 0) is 0 Å². The van der Waals surface area contributed by atoms with Gasteiger partial charge in [0.15, 0.2) is 0 Å². The molecule has 0 aromatic heterocycles. The van der Waals surface area contributed by atoms with Crippen molar-refractivity contribution < 1.29 is 4.79 Å². The summed E-state index contributed by atoms with van der Waals surface area (Å²) in [6.07, 6.45) is 2.84. The zero-order valence-electron chi connectivity index (χ0n) is 10.9. The molecule has 0 spiro atoms. The topological polar surface area (TPSA) is 67.2 Å². The Bertz CT molecular complexity index is 400. The standard InChI is InChI=1S/C14H21N3O/c1-4-5-10(2)16-11(3)12-6-8-13(9-7-12)17-14(15)18/h4,6-11,16H,1,5H2,2-3H3,(H3,15,17,18). The number of rotatable bonds is 6. The quantitative estimate of drug-likeness (QED) is 0.677. The van der Waals surface area contributed by atoms with Gasteiger partial charge in [0.1, 0.15) is 0 Å². The molecule has 4 heteroatoms. The fraction of sp³-hybridized carbons (Fsp3) is 0.357. The van der Waals surface area contributed by atoms with Crippen LogP contribution in [0.5, 0.6) is 0 Å². The van der Waals surface area contributed by atoms with Gasteiger partial charge in [0, 0.05) is 17.8 Å². The lowest BCUT2D eigenvalue weighted by Crippen LogP contribution is -2.28. The molecule has 0 aliphatic heterocycles. The number of nitrogens with one attached hydrogen (secondary N) is 2. The third-order valence-corrected chi connectivity index (χ3v) is 2.73. The first-order chi connectivity index (χ1) is 8.52. The molecule has 0 fully saturated rings. The van der Waals surface area contributed by atoms with Gasteiger partial charge in [-0.15, -0.1) is 6.58 Å². The smallest absolute Gasteiger partial charge is 0.316 e. The van der Waals surface area contributed by atoms with E-state index in [1.807, 2.05) is 30.3 Å². The van der Waals surface area contributed by atoms with Crippen LogP contribution >= 0.6 is 0 Å². The highest BCUT2D eigenvalue weighted by Crippen LogP contribution is 2.16. The lowest BCUT2D eigenvalue weighted by molar-refractivity contribution is 0.259. The fourth-order valence-electron chi connectivity index (χ4n) is 1.84. The molecule has 1 aromatic rings. The molecule has 4 N–H and O–H groups in total. The van der Waals surface area contributed by atoms with Gasteiger partial charge in [0.05, 0.1) is 0 Å². The van der Waals surface area contributed by atoms with Gasteiger partial charge in [-0.2, -0.15) is 0 Å². The Morgan fingerprint density at radius 3 is 2.50 bits per heavy atom. The van der Waals surface area contributed by atoms with Crippen LogP contribution in [0.2, 0.25) is 0 Å². The van der Waals surface area contributed by atoms with Gasteiger partial charge in [-0.25, -0.2) is 4.79 Å².